The smallest absolute Gasteiger partial charge is 0.349 e. The van der Waals surface area contributed by atoms with Crippen LogP contribution in [-0.2, 0) is 25.0 Å². The number of halogens is 3. The maximum Gasteiger partial charge on any atom is 0.349 e. The molecule has 3 aromatic rings. The number of carbonyl (C=O) groups is 4. The van der Waals surface area contributed by atoms with Gasteiger partial charge in [-0.3, -0.25) is 23.9 Å². The van der Waals surface area contributed by atoms with Crippen molar-refractivity contribution in [1.29, 1.82) is 5.26 Å². The number of piperidine rings is 1. The lowest BCUT2D eigenvalue weighted by Gasteiger charge is -2.34. The number of nitrogens with one attached hydrogen (secondary N) is 3. The van der Waals surface area contributed by atoms with Crippen molar-refractivity contribution in [3.8, 4) is 6.07 Å². The number of carbonyl (C=O) groups excluding carboxylic acids is 4. The average Bonchev–Trinajstić information content (AvgIpc) is 3.88. The molecule has 7 rings (SSSR count). The van der Waals surface area contributed by atoms with E-state index in [2.05, 4.69) is 25.9 Å². The Morgan fingerprint density at radius 2 is 1.70 bits per heavy atom. The molecule has 1 aromatic heterocycles. The molecule has 4 atom stereocenters. The summed E-state index contributed by atoms with van der Waals surface area (Å²) < 4.78 is 52.9. The van der Waals surface area contributed by atoms with Crippen LogP contribution < -0.4 is 16.0 Å². The Kier molecular flexibility index (Phi) is 13.2. The van der Waals surface area contributed by atoms with Gasteiger partial charge >= 0.3 is 5.92 Å². The van der Waals surface area contributed by atoms with Crippen molar-refractivity contribution < 1.29 is 37.1 Å². The summed E-state index contributed by atoms with van der Waals surface area (Å²) in [5.41, 5.74) is -0.0902. The van der Waals surface area contributed by atoms with Gasteiger partial charge in [0, 0.05) is 30.8 Å². The monoisotopic (exact) mass is 848 g/mol. The zero-order valence-corrected chi connectivity index (χ0v) is 34.6. The van der Waals surface area contributed by atoms with Crippen molar-refractivity contribution in [2.75, 3.05) is 51.8 Å². The Morgan fingerprint density at radius 1 is 0.983 bits per heavy atom. The van der Waals surface area contributed by atoms with Crippen LogP contribution in [0.25, 0.3) is 0 Å². The van der Waals surface area contributed by atoms with Gasteiger partial charge in [0.05, 0.1) is 36.6 Å². The van der Waals surface area contributed by atoms with Gasteiger partial charge in [-0.15, -0.1) is 11.8 Å². The molecule has 4 aliphatic rings. The van der Waals surface area contributed by atoms with Gasteiger partial charge < -0.3 is 30.5 Å². The van der Waals surface area contributed by atoms with Gasteiger partial charge in [-0.25, -0.2) is 4.39 Å². The van der Waals surface area contributed by atoms with Crippen molar-refractivity contribution in [2.24, 2.45) is 5.92 Å². The zero-order chi connectivity index (χ0) is 42.6. The maximum absolute atomic E-state index is 16.2. The van der Waals surface area contributed by atoms with E-state index in [1.54, 1.807) is 40.9 Å². The van der Waals surface area contributed by atoms with Crippen LogP contribution in [0.2, 0.25) is 0 Å². The number of morpholine rings is 1. The zero-order valence-electron chi connectivity index (χ0n) is 33.8. The number of likely N-dealkylation sites (tertiary alicyclic amines) is 1. The Bertz CT molecular complexity index is 2110. The molecule has 60 heavy (non-hydrogen) atoms. The highest BCUT2D eigenvalue weighted by Crippen LogP contribution is 2.60. The van der Waals surface area contributed by atoms with Gasteiger partial charge in [0.15, 0.2) is 0 Å². The molecule has 0 radical (unpaired) electrons. The summed E-state index contributed by atoms with van der Waals surface area (Å²) >= 11 is 1.07. The molecule has 2 aromatic carbocycles. The van der Waals surface area contributed by atoms with Crippen LogP contribution in [0.3, 0.4) is 0 Å². The van der Waals surface area contributed by atoms with Crippen LogP contribution in [0.4, 0.5) is 18.9 Å². The molecule has 13 nitrogen and oxygen atoms in total. The first-order valence-electron chi connectivity index (χ1n) is 20.7. The lowest BCUT2D eigenvalue weighted by Crippen LogP contribution is -2.54. The molecule has 3 N–H and O–H groups in total. The quantitative estimate of drug-likeness (QED) is 0.157. The number of amides is 4. The summed E-state index contributed by atoms with van der Waals surface area (Å²) in [6.07, 6.45) is 8.02. The molecule has 4 amide bonds. The summed E-state index contributed by atoms with van der Waals surface area (Å²) in [5.74, 6) is -8.76. The molecular formula is C43H51F3N8O5S. The minimum Gasteiger partial charge on any atom is -0.378 e. The standard InChI is InChI=1S/C43H51F3N8O5S/c1-27(36(38(56)53-20-22-59-23-21-53)50-37(55)35-14-17-48-54(35)32-15-18-52(2)19-16-32)29-12-13-34(33(44)25-29)49-39(57)42(30-9-5-3-4-6-10-30)41(60-42)51-40(58)43(45,46)31-11-7-8-28(24-31)26-47/h7-8,11-14,17,24-25,27,30,32,36,41H,3-6,9-10,15-16,18-23H2,1-2H3,(H,49,57)(H,50,55)(H,51,58)/t27-,36+,41?,42-/m0/s1. The number of aromatic nitrogens is 2. The Hall–Kier alpha value is -4.92. The summed E-state index contributed by atoms with van der Waals surface area (Å²) in [6, 6.07) is 11.2. The highest BCUT2D eigenvalue weighted by Gasteiger charge is 2.67. The number of anilines is 1. The van der Waals surface area contributed by atoms with Crippen molar-refractivity contribution in [3.63, 3.8) is 0 Å². The van der Waals surface area contributed by atoms with Crippen LogP contribution >= 0.6 is 11.8 Å². The van der Waals surface area contributed by atoms with E-state index in [9.17, 15) is 24.4 Å². The molecule has 1 aliphatic carbocycles. The normalized spacial score (nSPS) is 22.8. The van der Waals surface area contributed by atoms with E-state index < -0.39 is 57.1 Å². The number of nitriles is 1. The van der Waals surface area contributed by atoms with E-state index in [-0.39, 0.29) is 29.1 Å². The fourth-order valence-corrected chi connectivity index (χ4v) is 10.2. The second kappa shape index (κ2) is 18.4. The first-order valence-corrected chi connectivity index (χ1v) is 21.6. The molecule has 0 bridgehead atoms. The average molecular weight is 849 g/mol. The van der Waals surface area contributed by atoms with Crippen LogP contribution in [-0.4, -0.2) is 106 Å². The number of nitrogens with zero attached hydrogens (tertiary/aromatic N) is 5. The molecule has 1 unspecified atom stereocenters. The Labute approximate surface area is 351 Å². The summed E-state index contributed by atoms with van der Waals surface area (Å²) in [6.45, 7) is 4.80. The Morgan fingerprint density at radius 3 is 2.38 bits per heavy atom. The van der Waals surface area contributed by atoms with E-state index >= 15 is 13.2 Å². The van der Waals surface area contributed by atoms with E-state index in [0.717, 1.165) is 75.5 Å². The van der Waals surface area contributed by atoms with Crippen molar-refractivity contribution in [2.45, 2.75) is 92.3 Å². The van der Waals surface area contributed by atoms with Crippen molar-refractivity contribution in [1.82, 2.24) is 30.2 Å². The summed E-state index contributed by atoms with van der Waals surface area (Å²) in [4.78, 5) is 59.2. The first-order chi connectivity index (χ1) is 28.8. The van der Waals surface area contributed by atoms with Crippen LogP contribution in [0.5, 0.6) is 0 Å². The molecule has 3 aliphatic heterocycles. The van der Waals surface area contributed by atoms with E-state index in [0.29, 0.717) is 50.4 Å². The van der Waals surface area contributed by atoms with E-state index in [1.807, 2.05) is 7.05 Å². The molecule has 4 heterocycles. The Balaban J connectivity index is 1.09. The van der Waals surface area contributed by atoms with Gasteiger partial charge in [-0.2, -0.15) is 19.1 Å². The second-order valence-corrected chi connectivity index (χ2v) is 17.7. The summed E-state index contributed by atoms with van der Waals surface area (Å²) in [7, 11) is 2.05. The van der Waals surface area contributed by atoms with Crippen LogP contribution in [0, 0.1) is 23.1 Å². The molecule has 0 spiro atoms. The summed E-state index contributed by atoms with van der Waals surface area (Å²) in [5, 5.41) is 20.7. The molecule has 3 saturated heterocycles. The predicted octanol–water partition coefficient (Wildman–Crippen LogP) is 5.55. The molecule has 17 heteroatoms. The van der Waals surface area contributed by atoms with Gasteiger partial charge in [0.2, 0.25) is 11.8 Å². The second-order valence-electron chi connectivity index (χ2n) is 16.3. The number of hydrogen-bond donors (Lipinski definition) is 3. The third-order valence-corrected chi connectivity index (χ3v) is 14.1. The highest BCUT2D eigenvalue weighted by atomic mass is 32.2. The first kappa shape index (κ1) is 43.2. The van der Waals surface area contributed by atoms with Gasteiger partial charge in [0.25, 0.3) is 11.8 Å². The molecular weight excluding hydrogens is 798 g/mol. The number of benzene rings is 2. The van der Waals surface area contributed by atoms with Gasteiger partial charge in [0.1, 0.15) is 27.7 Å². The minimum atomic E-state index is -3.98. The minimum absolute atomic E-state index is 0.0223. The van der Waals surface area contributed by atoms with Crippen molar-refractivity contribution >= 4 is 41.1 Å². The van der Waals surface area contributed by atoms with Gasteiger partial charge in [-0.1, -0.05) is 50.8 Å². The number of rotatable bonds is 12. The van der Waals surface area contributed by atoms with E-state index in [1.165, 1.54) is 24.3 Å². The fourth-order valence-electron chi connectivity index (χ4n) is 8.75. The number of hydrogen-bond acceptors (Lipinski definition) is 9. The topological polar surface area (TPSA) is 162 Å². The molecule has 4 fully saturated rings. The molecule has 1 saturated carbocycles. The van der Waals surface area contributed by atoms with Crippen molar-refractivity contribution in [3.05, 3.63) is 82.9 Å². The number of thioether (sulfide) groups is 1. The maximum atomic E-state index is 16.2. The van der Waals surface area contributed by atoms with E-state index in [4.69, 9.17) is 4.74 Å². The van der Waals surface area contributed by atoms with Gasteiger partial charge in [-0.05, 0) is 87.6 Å². The lowest BCUT2D eigenvalue weighted by atomic mass is 9.84. The van der Waals surface area contributed by atoms with Crippen LogP contribution in [0.1, 0.15) is 97.4 Å². The highest BCUT2D eigenvalue weighted by molar-refractivity contribution is 8.09. The predicted molar refractivity (Wildman–Crippen MR) is 219 cm³/mol. The van der Waals surface area contributed by atoms with Crippen LogP contribution in [0.15, 0.2) is 54.7 Å². The third-order valence-electron chi connectivity index (χ3n) is 12.4. The lowest BCUT2D eigenvalue weighted by molar-refractivity contribution is -0.147. The largest absolute Gasteiger partial charge is 0.378 e. The number of ether oxygens (including phenoxy) is 1. The third kappa shape index (κ3) is 9.06. The SMILES string of the molecule is C[C@@H](c1ccc(NC(=O)[C@]2(C3CCCCCC3)SC2NC(=O)C(F)(F)c2cccc(C#N)c2)c(F)c1)[C@@H](NC(=O)c1ccnn1C1CCN(C)CC1)C(=O)N1CCOCC1. The number of alkyl halides is 2. The molecule has 320 valence electrons. The fraction of sp³-hybridized carbons (Fsp3) is 0.535.